The smallest absolute Gasteiger partial charge is 0.255 e. The molecule has 0 saturated carbocycles. The van der Waals surface area contributed by atoms with Gasteiger partial charge in [0.2, 0.25) is 15.9 Å². The normalized spacial score (nSPS) is 11.2. The fourth-order valence-electron chi connectivity index (χ4n) is 2.78. The summed E-state index contributed by atoms with van der Waals surface area (Å²) in [6.07, 6.45) is 1.44. The molecule has 0 bridgehead atoms. The zero-order valence-electron chi connectivity index (χ0n) is 17.2. The van der Waals surface area contributed by atoms with Crippen molar-refractivity contribution in [3.63, 3.8) is 0 Å². The maximum Gasteiger partial charge on any atom is 0.255 e. The van der Waals surface area contributed by atoms with Gasteiger partial charge in [-0.3, -0.25) is 9.59 Å². The highest BCUT2D eigenvalue weighted by atomic mass is 32.2. The summed E-state index contributed by atoms with van der Waals surface area (Å²) in [5.74, 6) is -0.613. The lowest BCUT2D eigenvalue weighted by Gasteiger charge is -2.09. The van der Waals surface area contributed by atoms with E-state index < -0.39 is 10.0 Å². The summed E-state index contributed by atoms with van der Waals surface area (Å²) < 4.78 is 26.4. The Morgan fingerprint density at radius 2 is 1.41 bits per heavy atom. The Bertz CT molecular complexity index is 1190. The third kappa shape index (κ3) is 7.50. The number of sulfonamides is 1. The molecule has 0 aliphatic heterocycles. The van der Waals surface area contributed by atoms with Crippen LogP contribution < -0.4 is 15.4 Å². The summed E-state index contributed by atoms with van der Waals surface area (Å²) in [7, 11) is -3.65. The van der Waals surface area contributed by atoms with Crippen LogP contribution in [0.1, 0.15) is 22.3 Å². The Labute approximate surface area is 187 Å². The third-order valence-electron chi connectivity index (χ3n) is 4.33. The fraction of sp³-hybridized carbons (Fsp3) is 0.0833. The van der Waals surface area contributed by atoms with E-state index in [0.29, 0.717) is 16.9 Å². The van der Waals surface area contributed by atoms with Crippen LogP contribution in [-0.4, -0.2) is 26.8 Å². The second-order valence-electron chi connectivity index (χ2n) is 6.85. The van der Waals surface area contributed by atoms with E-state index in [0.717, 1.165) is 11.0 Å². The van der Waals surface area contributed by atoms with Gasteiger partial charge < -0.3 is 10.6 Å². The molecule has 0 aliphatic rings. The molecule has 3 N–H and O–H groups in total. The minimum Gasteiger partial charge on any atom is -0.326 e. The molecular weight excluding hydrogens is 426 g/mol. The molecule has 7 nitrogen and oxygen atoms in total. The summed E-state index contributed by atoms with van der Waals surface area (Å²) >= 11 is 0. The number of hydrogen-bond acceptors (Lipinski definition) is 4. The first-order valence-electron chi connectivity index (χ1n) is 9.90. The second-order valence-corrected chi connectivity index (χ2v) is 8.50. The van der Waals surface area contributed by atoms with Crippen LogP contribution in [0.25, 0.3) is 6.08 Å². The Morgan fingerprint density at radius 1 is 0.781 bits per heavy atom. The van der Waals surface area contributed by atoms with Gasteiger partial charge in [-0.05, 0) is 42.0 Å². The molecule has 0 spiro atoms. The zero-order chi connectivity index (χ0) is 22.8. The van der Waals surface area contributed by atoms with Crippen molar-refractivity contribution < 1.29 is 18.0 Å². The Hall–Kier alpha value is -3.75. The van der Waals surface area contributed by atoms with Crippen LogP contribution in [0.4, 0.5) is 11.4 Å². The van der Waals surface area contributed by atoms with Crippen LogP contribution in [0.15, 0.2) is 90.3 Å². The number of amides is 2. The first-order chi connectivity index (χ1) is 15.4. The zero-order valence-corrected chi connectivity index (χ0v) is 18.0. The number of benzene rings is 3. The number of carbonyl (C=O) groups excluding carboxylic acids is 2. The average molecular weight is 450 g/mol. The van der Waals surface area contributed by atoms with E-state index in [1.54, 1.807) is 60.7 Å². The predicted molar refractivity (Wildman–Crippen MR) is 126 cm³/mol. The lowest BCUT2D eigenvalue weighted by Crippen LogP contribution is -2.26. The van der Waals surface area contributed by atoms with Gasteiger partial charge in [0.1, 0.15) is 0 Å². The second kappa shape index (κ2) is 11.0. The van der Waals surface area contributed by atoms with Crippen molar-refractivity contribution in [3.05, 3.63) is 101 Å². The molecule has 3 aromatic rings. The Morgan fingerprint density at radius 3 is 2.09 bits per heavy atom. The van der Waals surface area contributed by atoms with Gasteiger partial charge in [-0.1, -0.05) is 54.6 Å². The summed E-state index contributed by atoms with van der Waals surface area (Å²) in [4.78, 5) is 24.4. The number of nitrogens with one attached hydrogen (secondary N) is 3. The standard InChI is InChI=1S/C24H23N3O4S/c28-23(14-16-25-32(30,31)17-15-19-8-3-1-4-9-19)26-21-12-7-13-22(18-21)27-24(29)20-10-5-2-6-11-20/h1-13,15,17-18,25H,14,16H2,(H,26,28)(H,27,29). The third-order valence-corrected chi connectivity index (χ3v) is 5.44. The van der Waals surface area contributed by atoms with Gasteiger partial charge in [0.05, 0.1) is 0 Å². The summed E-state index contributed by atoms with van der Waals surface area (Å²) in [5, 5.41) is 6.54. The van der Waals surface area contributed by atoms with Crippen molar-refractivity contribution in [2.45, 2.75) is 6.42 Å². The van der Waals surface area contributed by atoms with E-state index in [9.17, 15) is 18.0 Å². The van der Waals surface area contributed by atoms with E-state index in [2.05, 4.69) is 15.4 Å². The highest BCUT2D eigenvalue weighted by Gasteiger charge is 2.09. The van der Waals surface area contributed by atoms with Gasteiger partial charge in [0.25, 0.3) is 5.91 Å². The van der Waals surface area contributed by atoms with Gasteiger partial charge >= 0.3 is 0 Å². The maximum absolute atomic E-state index is 12.3. The maximum atomic E-state index is 12.3. The first kappa shape index (κ1) is 22.9. The molecule has 0 atom stereocenters. The van der Waals surface area contributed by atoms with E-state index in [1.165, 1.54) is 6.08 Å². The summed E-state index contributed by atoms with van der Waals surface area (Å²) in [6, 6.07) is 24.6. The van der Waals surface area contributed by atoms with Gasteiger partial charge in [-0.2, -0.15) is 0 Å². The highest BCUT2D eigenvalue weighted by Crippen LogP contribution is 2.16. The van der Waals surface area contributed by atoms with Crippen molar-refractivity contribution in [2.24, 2.45) is 0 Å². The van der Waals surface area contributed by atoms with Crippen molar-refractivity contribution in [1.82, 2.24) is 4.72 Å². The van der Waals surface area contributed by atoms with Crippen LogP contribution in [-0.2, 0) is 14.8 Å². The number of hydrogen-bond donors (Lipinski definition) is 3. The highest BCUT2D eigenvalue weighted by molar-refractivity contribution is 7.92. The fourth-order valence-corrected chi connectivity index (χ4v) is 3.60. The Balaban J connectivity index is 1.48. The molecule has 2 amide bonds. The lowest BCUT2D eigenvalue weighted by atomic mass is 10.2. The van der Waals surface area contributed by atoms with E-state index in [1.807, 2.05) is 24.3 Å². The first-order valence-corrected chi connectivity index (χ1v) is 11.4. The number of carbonyl (C=O) groups is 2. The molecule has 3 rings (SSSR count). The molecule has 0 saturated heterocycles. The predicted octanol–water partition coefficient (Wildman–Crippen LogP) is 3.86. The monoisotopic (exact) mass is 449 g/mol. The molecule has 0 heterocycles. The van der Waals surface area contributed by atoms with Gasteiger partial charge in [-0.15, -0.1) is 0 Å². The van der Waals surface area contributed by atoms with Crippen LogP contribution in [0.3, 0.4) is 0 Å². The molecular formula is C24H23N3O4S. The van der Waals surface area contributed by atoms with Crippen LogP contribution in [0.5, 0.6) is 0 Å². The quantitative estimate of drug-likeness (QED) is 0.461. The van der Waals surface area contributed by atoms with Crippen molar-refractivity contribution >= 4 is 39.3 Å². The van der Waals surface area contributed by atoms with Crippen LogP contribution in [0, 0.1) is 0 Å². The SMILES string of the molecule is O=C(CCNS(=O)(=O)C=Cc1ccccc1)Nc1cccc(NC(=O)c2ccccc2)c1. The molecule has 3 aromatic carbocycles. The summed E-state index contributed by atoms with van der Waals surface area (Å²) in [6.45, 7) is -0.0439. The largest absolute Gasteiger partial charge is 0.326 e. The minimum atomic E-state index is -3.65. The van der Waals surface area contributed by atoms with Crippen molar-refractivity contribution in [1.29, 1.82) is 0 Å². The number of rotatable bonds is 9. The van der Waals surface area contributed by atoms with Crippen LogP contribution >= 0.6 is 0 Å². The van der Waals surface area contributed by atoms with Gasteiger partial charge in [0, 0.05) is 35.3 Å². The average Bonchev–Trinajstić information content (AvgIpc) is 2.79. The molecule has 164 valence electrons. The minimum absolute atomic E-state index is 0.0426. The van der Waals surface area contributed by atoms with Crippen molar-refractivity contribution in [3.8, 4) is 0 Å². The molecule has 0 aliphatic carbocycles. The van der Waals surface area contributed by atoms with E-state index >= 15 is 0 Å². The molecule has 32 heavy (non-hydrogen) atoms. The van der Waals surface area contributed by atoms with E-state index in [4.69, 9.17) is 0 Å². The molecule has 0 radical (unpaired) electrons. The molecule has 0 aromatic heterocycles. The molecule has 0 unspecified atom stereocenters. The Kier molecular flexibility index (Phi) is 7.91. The molecule has 8 heteroatoms. The van der Waals surface area contributed by atoms with E-state index in [-0.39, 0.29) is 24.8 Å². The van der Waals surface area contributed by atoms with Gasteiger partial charge in [-0.25, -0.2) is 13.1 Å². The topological polar surface area (TPSA) is 104 Å². The van der Waals surface area contributed by atoms with Crippen LogP contribution in [0.2, 0.25) is 0 Å². The summed E-state index contributed by atoms with van der Waals surface area (Å²) in [5.41, 5.74) is 2.31. The van der Waals surface area contributed by atoms with Crippen molar-refractivity contribution in [2.75, 3.05) is 17.2 Å². The molecule has 0 fully saturated rings. The van der Waals surface area contributed by atoms with Gasteiger partial charge in [0.15, 0.2) is 0 Å². The lowest BCUT2D eigenvalue weighted by molar-refractivity contribution is -0.116. The number of anilines is 2.